The van der Waals surface area contributed by atoms with E-state index in [0.717, 1.165) is 32.2 Å². The van der Waals surface area contributed by atoms with Gasteiger partial charge in [0, 0.05) is 38.0 Å². The number of aliphatic imine (C=N–C) groups is 2. The first kappa shape index (κ1) is 27.9. The number of para-hydroxylation sites is 1. The number of hydrogen-bond acceptors (Lipinski definition) is 5. The fraction of sp³-hybridized carbons (Fsp3) is 0.500. The minimum absolute atomic E-state index is 0.0131. The van der Waals surface area contributed by atoms with E-state index < -0.39 is 0 Å². The Balaban J connectivity index is 1.69. The molecule has 2 fully saturated rings. The van der Waals surface area contributed by atoms with E-state index in [1.54, 1.807) is 25.1 Å². The fourth-order valence-electron chi connectivity index (χ4n) is 5.23. The van der Waals surface area contributed by atoms with Crippen molar-refractivity contribution in [1.29, 1.82) is 0 Å². The SMILES string of the molecule is C=N/C(=N\c1c(C)nc(Nc2c(Cl)cccc2Cl)n1[C@H]1CC[C@@H](C(N)=O)CC1)N[C@@H]1CCCN(C(C)=O)C1. The van der Waals surface area contributed by atoms with Gasteiger partial charge in [-0.3, -0.25) is 14.2 Å². The van der Waals surface area contributed by atoms with Crippen molar-refractivity contribution in [3.05, 3.63) is 33.9 Å². The Labute approximate surface area is 232 Å². The normalized spacial score (nSPS) is 22.2. The van der Waals surface area contributed by atoms with E-state index in [9.17, 15) is 9.59 Å². The van der Waals surface area contributed by atoms with Gasteiger partial charge in [-0.2, -0.15) is 4.99 Å². The number of nitrogens with two attached hydrogens (primary N) is 1. The molecule has 2 aromatic rings. The molecule has 4 N–H and O–H groups in total. The summed E-state index contributed by atoms with van der Waals surface area (Å²) >= 11 is 12.9. The molecule has 0 unspecified atom stereocenters. The second-order valence-electron chi connectivity index (χ2n) is 9.89. The number of guanidine groups is 1. The average molecular weight is 562 g/mol. The Morgan fingerprint density at radius 3 is 2.45 bits per heavy atom. The van der Waals surface area contributed by atoms with E-state index in [2.05, 4.69) is 22.3 Å². The highest BCUT2D eigenvalue weighted by Crippen LogP contribution is 2.41. The summed E-state index contributed by atoms with van der Waals surface area (Å²) in [6.45, 7) is 8.51. The summed E-state index contributed by atoms with van der Waals surface area (Å²) in [5.41, 5.74) is 6.81. The van der Waals surface area contributed by atoms with Gasteiger partial charge in [-0.05, 0) is 64.3 Å². The summed E-state index contributed by atoms with van der Waals surface area (Å²) < 4.78 is 2.03. The summed E-state index contributed by atoms with van der Waals surface area (Å²) in [7, 11) is 0. The molecule has 204 valence electrons. The van der Waals surface area contributed by atoms with Crippen LogP contribution >= 0.6 is 23.2 Å². The van der Waals surface area contributed by atoms with E-state index in [1.807, 2.05) is 16.4 Å². The Bertz CT molecular complexity index is 1220. The number of benzene rings is 1. The topological polar surface area (TPSA) is 130 Å². The van der Waals surface area contributed by atoms with Gasteiger partial charge in [-0.25, -0.2) is 9.98 Å². The molecular weight excluding hydrogens is 527 g/mol. The fourth-order valence-corrected chi connectivity index (χ4v) is 5.72. The van der Waals surface area contributed by atoms with Gasteiger partial charge in [0.15, 0.2) is 5.82 Å². The first-order valence-electron chi connectivity index (χ1n) is 12.8. The maximum absolute atomic E-state index is 11.9. The Morgan fingerprint density at radius 1 is 1.16 bits per heavy atom. The Kier molecular flexibility index (Phi) is 8.94. The van der Waals surface area contributed by atoms with E-state index in [4.69, 9.17) is 38.9 Å². The zero-order valence-corrected chi connectivity index (χ0v) is 23.2. The number of rotatable bonds is 6. The Morgan fingerprint density at radius 2 is 1.84 bits per heavy atom. The van der Waals surface area contributed by atoms with Gasteiger partial charge in [-0.15, -0.1) is 0 Å². The number of likely N-dealkylation sites (tertiary alicyclic amines) is 1. The minimum atomic E-state index is -0.265. The average Bonchev–Trinajstić information content (AvgIpc) is 3.20. The molecule has 4 rings (SSSR count). The molecule has 1 aromatic carbocycles. The van der Waals surface area contributed by atoms with Crippen molar-refractivity contribution in [3.8, 4) is 0 Å². The summed E-state index contributed by atoms with van der Waals surface area (Å²) in [4.78, 5) is 39.3. The molecule has 0 spiro atoms. The van der Waals surface area contributed by atoms with Crippen molar-refractivity contribution >= 4 is 65.1 Å². The smallest absolute Gasteiger partial charge is 0.224 e. The predicted octanol–water partition coefficient (Wildman–Crippen LogP) is 4.75. The van der Waals surface area contributed by atoms with Crippen molar-refractivity contribution in [2.45, 2.75) is 64.5 Å². The second-order valence-corrected chi connectivity index (χ2v) is 10.7. The van der Waals surface area contributed by atoms with Crippen molar-refractivity contribution in [2.75, 3.05) is 18.4 Å². The standard InChI is InChI=1S/C26H34Cl2N8O2/c1-15-24(34-25(30-3)32-18-6-5-13-35(14-18)16(2)37)36(19-11-9-17(10-12-19)23(29)38)26(31-15)33-22-20(27)7-4-8-21(22)28/h4,7-8,17-19H,3,5-6,9-14H2,1-2H3,(H2,29,38)(H,31,33)(H,32,34)/t17-,18-,19+/m1/s1. The number of aryl methyl sites for hydroxylation is 1. The third-order valence-corrected chi connectivity index (χ3v) is 7.91. The summed E-state index contributed by atoms with van der Waals surface area (Å²) in [6, 6.07) is 5.32. The van der Waals surface area contributed by atoms with Crippen molar-refractivity contribution in [1.82, 2.24) is 19.8 Å². The van der Waals surface area contributed by atoms with E-state index in [1.165, 1.54) is 0 Å². The van der Waals surface area contributed by atoms with E-state index >= 15 is 0 Å². The molecule has 0 radical (unpaired) electrons. The van der Waals surface area contributed by atoms with Crippen LogP contribution in [0.3, 0.4) is 0 Å². The Hall–Kier alpha value is -3.11. The lowest BCUT2D eigenvalue weighted by molar-refractivity contribution is -0.130. The molecule has 2 aliphatic rings. The molecule has 1 aliphatic carbocycles. The zero-order chi connectivity index (χ0) is 27.4. The van der Waals surface area contributed by atoms with Crippen LogP contribution < -0.4 is 16.4 Å². The molecule has 1 atom stereocenters. The molecule has 1 aromatic heterocycles. The van der Waals surface area contributed by atoms with Gasteiger partial charge in [0.25, 0.3) is 0 Å². The van der Waals surface area contributed by atoms with Crippen LogP contribution in [-0.2, 0) is 9.59 Å². The second kappa shape index (κ2) is 12.2. The van der Waals surface area contributed by atoms with Crippen molar-refractivity contribution in [3.63, 3.8) is 0 Å². The molecule has 10 nitrogen and oxygen atoms in total. The number of halogens is 2. The molecule has 2 heterocycles. The largest absolute Gasteiger partial charge is 0.369 e. The number of hydrogen-bond donors (Lipinski definition) is 3. The third kappa shape index (κ3) is 6.30. The summed E-state index contributed by atoms with van der Waals surface area (Å²) in [6.07, 6.45) is 4.62. The van der Waals surface area contributed by atoms with Crippen LogP contribution in [0.4, 0.5) is 17.5 Å². The number of carbonyl (C=O) groups is 2. The van der Waals surface area contributed by atoms with Crippen LogP contribution in [0.25, 0.3) is 0 Å². The maximum Gasteiger partial charge on any atom is 0.224 e. The van der Waals surface area contributed by atoms with Gasteiger partial charge in [0.1, 0.15) is 0 Å². The van der Waals surface area contributed by atoms with Gasteiger partial charge in [0.05, 0.1) is 21.4 Å². The predicted molar refractivity (Wildman–Crippen MR) is 152 cm³/mol. The molecule has 12 heteroatoms. The number of amides is 2. The monoisotopic (exact) mass is 560 g/mol. The molecule has 1 aliphatic heterocycles. The van der Waals surface area contributed by atoms with Gasteiger partial charge < -0.3 is 21.3 Å². The maximum atomic E-state index is 11.9. The minimum Gasteiger partial charge on any atom is -0.369 e. The highest BCUT2D eigenvalue weighted by atomic mass is 35.5. The van der Waals surface area contributed by atoms with Crippen LogP contribution in [0, 0.1) is 12.8 Å². The molecule has 38 heavy (non-hydrogen) atoms. The van der Waals surface area contributed by atoms with Crippen LogP contribution in [0.5, 0.6) is 0 Å². The van der Waals surface area contributed by atoms with Crippen LogP contribution in [0.1, 0.15) is 57.2 Å². The lowest BCUT2D eigenvalue weighted by Crippen LogP contribution is -2.48. The first-order chi connectivity index (χ1) is 18.2. The summed E-state index contributed by atoms with van der Waals surface area (Å²) in [5, 5.41) is 7.60. The molecule has 1 saturated carbocycles. The van der Waals surface area contributed by atoms with Crippen LogP contribution in [-0.4, -0.2) is 58.1 Å². The lowest BCUT2D eigenvalue weighted by Gasteiger charge is -2.32. The van der Waals surface area contributed by atoms with Crippen molar-refractivity contribution in [2.24, 2.45) is 21.6 Å². The van der Waals surface area contributed by atoms with E-state index in [-0.39, 0.29) is 29.8 Å². The molecule has 1 saturated heterocycles. The lowest BCUT2D eigenvalue weighted by atomic mass is 9.85. The van der Waals surface area contributed by atoms with Gasteiger partial charge in [0.2, 0.25) is 23.7 Å². The highest BCUT2D eigenvalue weighted by molar-refractivity contribution is 6.39. The van der Waals surface area contributed by atoms with Crippen molar-refractivity contribution < 1.29 is 9.59 Å². The number of primary amides is 1. The number of piperidine rings is 1. The molecular formula is C26H34Cl2N8O2. The summed E-state index contributed by atoms with van der Waals surface area (Å²) in [5.74, 6) is 1.17. The van der Waals surface area contributed by atoms with Crippen LogP contribution in [0.2, 0.25) is 10.0 Å². The molecule has 2 amide bonds. The number of imidazole rings is 1. The quantitative estimate of drug-likeness (QED) is 0.346. The first-order valence-corrected chi connectivity index (χ1v) is 13.6. The van der Waals surface area contributed by atoms with Crippen LogP contribution in [0.15, 0.2) is 28.2 Å². The highest BCUT2D eigenvalue weighted by Gasteiger charge is 2.30. The third-order valence-electron chi connectivity index (χ3n) is 7.28. The van der Waals surface area contributed by atoms with E-state index in [0.29, 0.717) is 58.5 Å². The number of carbonyl (C=O) groups excluding carboxylic acids is 2. The zero-order valence-electron chi connectivity index (χ0n) is 21.7. The van der Waals surface area contributed by atoms with Gasteiger partial charge >= 0.3 is 0 Å². The van der Waals surface area contributed by atoms with Gasteiger partial charge in [-0.1, -0.05) is 29.3 Å². The molecule has 0 bridgehead atoms. The number of anilines is 2. The number of nitrogens with zero attached hydrogens (tertiary/aromatic N) is 5. The number of nitrogens with one attached hydrogen (secondary N) is 2. The number of aromatic nitrogens is 2.